The smallest absolute Gasteiger partial charge is 0.253 e. The Kier molecular flexibility index (Phi) is 6.10. The standard InChI is InChI=1S/C23H23FN8O3S/c1-29(2)36(34,35)19-9-3-16(4-10-19)23(33)31-13-11-30(12-14-31)21-20-22(26-15-25-21)32(28-27-20)18-7-5-17(24)6-8-18/h3-10,15H,11-14H2,1-2H3. The van der Waals surface area contributed by atoms with Gasteiger partial charge in [-0.2, -0.15) is 4.68 Å². The Labute approximate surface area is 206 Å². The number of hydrogen-bond acceptors (Lipinski definition) is 8. The molecule has 13 heteroatoms. The van der Waals surface area contributed by atoms with E-state index >= 15 is 0 Å². The maximum absolute atomic E-state index is 13.3. The SMILES string of the molecule is CN(C)S(=O)(=O)c1ccc(C(=O)N2CCN(c3ncnc4c3nnn4-c3ccc(F)cc3)CC2)cc1. The van der Waals surface area contributed by atoms with Crippen molar-refractivity contribution in [3.63, 3.8) is 0 Å². The fourth-order valence-electron chi connectivity index (χ4n) is 4.01. The van der Waals surface area contributed by atoms with Gasteiger partial charge in [-0.3, -0.25) is 4.79 Å². The number of carbonyl (C=O) groups is 1. The lowest BCUT2D eigenvalue weighted by Crippen LogP contribution is -2.49. The molecule has 36 heavy (non-hydrogen) atoms. The first-order valence-corrected chi connectivity index (χ1v) is 12.6. The van der Waals surface area contributed by atoms with Crippen LogP contribution < -0.4 is 4.90 Å². The van der Waals surface area contributed by atoms with Gasteiger partial charge < -0.3 is 9.80 Å². The Morgan fingerprint density at radius 2 is 1.61 bits per heavy atom. The highest BCUT2D eigenvalue weighted by molar-refractivity contribution is 7.89. The minimum absolute atomic E-state index is 0.135. The van der Waals surface area contributed by atoms with Crippen LogP contribution in [0.2, 0.25) is 0 Å². The molecule has 1 aliphatic heterocycles. The van der Waals surface area contributed by atoms with Crippen molar-refractivity contribution in [1.82, 2.24) is 34.2 Å². The van der Waals surface area contributed by atoms with Crippen LogP contribution in [0.4, 0.5) is 10.2 Å². The van der Waals surface area contributed by atoms with Crippen LogP contribution in [0.1, 0.15) is 10.4 Å². The highest BCUT2D eigenvalue weighted by Gasteiger charge is 2.26. The van der Waals surface area contributed by atoms with Crippen molar-refractivity contribution < 1.29 is 17.6 Å². The van der Waals surface area contributed by atoms with Crippen LogP contribution in [0.3, 0.4) is 0 Å². The van der Waals surface area contributed by atoms with Gasteiger partial charge in [0.1, 0.15) is 12.1 Å². The average Bonchev–Trinajstić information content (AvgIpc) is 3.33. The van der Waals surface area contributed by atoms with E-state index in [1.54, 1.807) is 17.0 Å². The number of amides is 1. The summed E-state index contributed by atoms with van der Waals surface area (Å²) in [5.74, 6) is 0.0951. The van der Waals surface area contributed by atoms with E-state index < -0.39 is 10.0 Å². The normalized spacial score (nSPS) is 14.6. The van der Waals surface area contributed by atoms with Crippen molar-refractivity contribution in [1.29, 1.82) is 0 Å². The number of fused-ring (bicyclic) bond motifs is 1. The molecule has 0 spiro atoms. The first-order chi connectivity index (χ1) is 17.3. The van der Waals surface area contributed by atoms with Gasteiger partial charge in [-0.15, -0.1) is 5.10 Å². The van der Waals surface area contributed by atoms with Crippen LogP contribution in [-0.2, 0) is 10.0 Å². The Bertz CT molecular complexity index is 1510. The van der Waals surface area contributed by atoms with E-state index in [1.165, 1.54) is 61.5 Å². The lowest BCUT2D eigenvalue weighted by Gasteiger charge is -2.35. The van der Waals surface area contributed by atoms with E-state index in [0.29, 0.717) is 54.4 Å². The van der Waals surface area contributed by atoms with E-state index in [-0.39, 0.29) is 16.6 Å². The summed E-state index contributed by atoms with van der Waals surface area (Å²) < 4.78 is 40.5. The third-order valence-corrected chi connectivity index (χ3v) is 7.87. The van der Waals surface area contributed by atoms with Gasteiger partial charge in [-0.05, 0) is 48.5 Å². The maximum atomic E-state index is 13.3. The van der Waals surface area contributed by atoms with Crippen LogP contribution in [0, 0.1) is 5.82 Å². The predicted molar refractivity (Wildman–Crippen MR) is 130 cm³/mol. The average molecular weight is 511 g/mol. The van der Waals surface area contributed by atoms with Crippen LogP contribution in [-0.4, -0.2) is 88.8 Å². The molecule has 186 valence electrons. The Morgan fingerprint density at radius 1 is 0.944 bits per heavy atom. The molecule has 1 fully saturated rings. The zero-order valence-electron chi connectivity index (χ0n) is 19.6. The number of rotatable bonds is 5. The lowest BCUT2D eigenvalue weighted by atomic mass is 10.2. The van der Waals surface area contributed by atoms with E-state index in [1.807, 2.05) is 4.90 Å². The number of benzene rings is 2. The molecule has 1 amide bonds. The summed E-state index contributed by atoms with van der Waals surface area (Å²) in [4.78, 5) is 25.6. The molecule has 1 saturated heterocycles. The van der Waals surface area contributed by atoms with Gasteiger partial charge in [0.15, 0.2) is 17.0 Å². The van der Waals surface area contributed by atoms with E-state index in [0.717, 1.165) is 4.31 Å². The molecule has 0 unspecified atom stereocenters. The minimum Gasteiger partial charge on any atom is -0.351 e. The van der Waals surface area contributed by atoms with Gasteiger partial charge in [-0.25, -0.2) is 27.1 Å². The van der Waals surface area contributed by atoms with Gasteiger partial charge in [0.05, 0.1) is 10.6 Å². The molecule has 0 saturated carbocycles. The number of hydrogen-bond donors (Lipinski definition) is 0. The molecule has 0 atom stereocenters. The molecule has 1 aliphatic rings. The summed E-state index contributed by atoms with van der Waals surface area (Å²) in [7, 11) is -0.636. The molecule has 4 aromatic rings. The second kappa shape index (κ2) is 9.24. The topological polar surface area (TPSA) is 117 Å². The molecule has 0 radical (unpaired) electrons. The number of sulfonamides is 1. The molecule has 5 rings (SSSR count). The summed E-state index contributed by atoms with van der Waals surface area (Å²) in [5.41, 5.74) is 2.06. The predicted octanol–water partition coefficient (Wildman–Crippen LogP) is 1.56. The van der Waals surface area contributed by atoms with E-state index in [9.17, 15) is 17.6 Å². The summed E-state index contributed by atoms with van der Waals surface area (Å²) in [5, 5.41) is 8.43. The molecule has 0 aliphatic carbocycles. The molecule has 0 N–H and O–H groups in total. The van der Waals surface area contributed by atoms with Crippen molar-refractivity contribution >= 4 is 32.9 Å². The highest BCUT2D eigenvalue weighted by Crippen LogP contribution is 2.24. The van der Waals surface area contributed by atoms with E-state index in [2.05, 4.69) is 20.3 Å². The number of nitrogens with zero attached hydrogens (tertiary/aromatic N) is 8. The minimum atomic E-state index is -3.56. The van der Waals surface area contributed by atoms with Crippen LogP contribution in [0.15, 0.2) is 59.8 Å². The van der Waals surface area contributed by atoms with Crippen molar-refractivity contribution in [2.45, 2.75) is 4.90 Å². The van der Waals surface area contributed by atoms with Gasteiger partial charge in [-0.1, -0.05) is 5.21 Å². The second-order valence-electron chi connectivity index (χ2n) is 8.44. The second-order valence-corrected chi connectivity index (χ2v) is 10.6. The van der Waals surface area contributed by atoms with Crippen molar-refractivity contribution in [3.8, 4) is 5.69 Å². The van der Waals surface area contributed by atoms with E-state index in [4.69, 9.17) is 0 Å². The first kappa shape index (κ1) is 23.8. The molecular weight excluding hydrogens is 487 g/mol. The zero-order chi connectivity index (χ0) is 25.4. The lowest BCUT2D eigenvalue weighted by molar-refractivity contribution is 0.0746. The zero-order valence-corrected chi connectivity index (χ0v) is 20.4. The fraction of sp³-hybridized carbons (Fsp3) is 0.261. The maximum Gasteiger partial charge on any atom is 0.253 e. The Morgan fingerprint density at radius 3 is 2.25 bits per heavy atom. The molecule has 2 aromatic heterocycles. The fourth-order valence-corrected chi connectivity index (χ4v) is 4.91. The molecule has 11 nitrogen and oxygen atoms in total. The van der Waals surface area contributed by atoms with Crippen molar-refractivity contribution in [3.05, 3.63) is 66.2 Å². The molecule has 3 heterocycles. The number of halogens is 1. The summed E-state index contributed by atoms with van der Waals surface area (Å²) in [6.07, 6.45) is 1.43. The largest absolute Gasteiger partial charge is 0.351 e. The number of carbonyl (C=O) groups excluding carboxylic acids is 1. The Balaban J connectivity index is 1.30. The van der Waals surface area contributed by atoms with Gasteiger partial charge in [0, 0.05) is 45.8 Å². The molecule has 2 aromatic carbocycles. The quantitative estimate of drug-likeness (QED) is 0.397. The van der Waals surface area contributed by atoms with Gasteiger partial charge >= 0.3 is 0 Å². The van der Waals surface area contributed by atoms with Gasteiger partial charge in [0.25, 0.3) is 5.91 Å². The van der Waals surface area contributed by atoms with Crippen LogP contribution in [0.25, 0.3) is 16.9 Å². The first-order valence-electron chi connectivity index (χ1n) is 11.1. The van der Waals surface area contributed by atoms with Gasteiger partial charge in [0.2, 0.25) is 10.0 Å². The number of piperazine rings is 1. The van der Waals surface area contributed by atoms with Crippen molar-refractivity contribution in [2.24, 2.45) is 0 Å². The van der Waals surface area contributed by atoms with Crippen LogP contribution >= 0.6 is 0 Å². The van der Waals surface area contributed by atoms with Crippen LogP contribution in [0.5, 0.6) is 0 Å². The number of anilines is 1. The van der Waals surface area contributed by atoms with Crippen molar-refractivity contribution in [2.75, 3.05) is 45.2 Å². The highest BCUT2D eigenvalue weighted by atomic mass is 32.2. The third-order valence-electron chi connectivity index (χ3n) is 6.04. The monoisotopic (exact) mass is 510 g/mol. The summed E-state index contributed by atoms with van der Waals surface area (Å²) in [6.45, 7) is 1.95. The number of aromatic nitrogens is 5. The molecule has 0 bridgehead atoms. The summed E-state index contributed by atoms with van der Waals surface area (Å²) in [6, 6.07) is 11.8. The Hall–Kier alpha value is -3.97. The summed E-state index contributed by atoms with van der Waals surface area (Å²) >= 11 is 0. The molecular formula is C23H23FN8O3S. The third kappa shape index (κ3) is 4.27.